The first-order valence-corrected chi connectivity index (χ1v) is 5.59. The van der Waals surface area contributed by atoms with Gasteiger partial charge in [-0.1, -0.05) is 6.07 Å². The van der Waals surface area contributed by atoms with E-state index < -0.39 is 23.1 Å². The van der Waals surface area contributed by atoms with E-state index in [-0.39, 0.29) is 17.8 Å². The van der Waals surface area contributed by atoms with Crippen LogP contribution < -0.4 is 11.3 Å². The molecule has 0 unspecified atom stereocenters. The van der Waals surface area contributed by atoms with Crippen LogP contribution in [0, 0.1) is 5.82 Å². The highest BCUT2D eigenvalue weighted by atomic mass is 19.4. The molecule has 2 rings (SSSR count). The van der Waals surface area contributed by atoms with Crippen molar-refractivity contribution in [2.45, 2.75) is 12.7 Å². The van der Waals surface area contributed by atoms with Crippen LogP contribution in [0.1, 0.15) is 11.1 Å². The van der Waals surface area contributed by atoms with E-state index in [0.29, 0.717) is 12.3 Å². The van der Waals surface area contributed by atoms with E-state index in [2.05, 4.69) is 0 Å². The number of rotatable bonds is 2. The monoisotopic (exact) mass is 286 g/mol. The fourth-order valence-corrected chi connectivity index (χ4v) is 1.70. The van der Waals surface area contributed by atoms with Crippen LogP contribution in [0.4, 0.5) is 23.2 Å². The molecule has 1 aromatic carbocycles. The van der Waals surface area contributed by atoms with E-state index in [1.54, 1.807) is 0 Å². The average Bonchev–Trinajstić information content (AvgIpc) is 2.33. The molecule has 0 radical (unpaired) electrons. The third kappa shape index (κ3) is 2.98. The van der Waals surface area contributed by atoms with Crippen LogP contribution >= 0.6 is 0 Å². The molecular weight excluding hydrogens is 276 g/mol. The summed E-state index contributed by atoms with van der Waals surface area (Å²) in [4.78, 5) is 11.5. The lowest BCUT2D eigenvalue weighted by atomic mass is 10.2. The fourth-order valence-electron chi connectivity index (χ4n) is 1.70. The minimum atomic E-state index is -4.56. The number of anilines is 1. The highest BCUT2D eigenvalue weighted by Crippen LogP contribution is 2.28. The zero-order chi connectivity index (χ0) is 14.9. The summed E-state index contributed by atoms with van der Waals surface area (Å²) in [6.07, 6.45) is -3.90. The second-order valence-electron chi connectivity index (χ2n) is 4.23. The molecule has 20 heavy (non-hydrogen) atoms. The molecule has 0 spiro atoms. The SMILES string of the molecule is Nc1ccc(Cn2cc(C(F)(F)F)ccc2=O)c(F)c1. The van der Waals surface area contributed by atoms with Gasteiger partial charge in [0.15, 0.2) is 0 Å². The maximum absolute atomic E-state index is 13.6. The van der Waals surface area contributed by atoms with E-state index in [9.17, 15) is 22.4 Å². The molecule has 0 fully saturated rings. The second-order valence-corrected chi connectivity index (χ2v) is 4.23. The quantitative estimate of drug-likeness (QED) is 0.681. The van der Waals surface area contributed by atoms with E-state index in [1.165, 1.54) is 12.1 Å². The first-order valence-electron chi connectivity index (χ1n) is 5.59. The van der Waals surface area contributed by atoms with E-state index in [0.717, 1.165) is 16.7 Å². The normalized spacial score (nSPS) is 11.6. The number of benzene rings is 1. The number of nitrogens with two attached hydrogens (primary N) is 1. The van der Waals surface area contributed by atoms with Gasteiger partial charge in [0.2, 0.25) is 0 Å². The Morgan fingerprint density at radius 1 is 1.15 bits per heavy atom. The summed E-state index contributed by atoms with van der Waals surface area (Å²) >= 11 is 0. The molecule has 2 N–H and O–H groups in total. The summed E-state index contributed by atoms with van der Waals surface area (Å²) in [5.74, 6) is -0.672. The largest absolute Gasteiger partial charge is 0.417 e. The Hall–Kier alpha value is -2.31. The van der Waals surface area contributed by atoms with Gasteiger partial charge in [-0.05, 0) is 18.2 Å². The highest BCUT2D eigenvalue weighted by Gasteiger charge is 2.31. The lowest BCUT2D eigenvalue weighted by Crippen LogP contribution is -2.22. The van der Waals surface area contributed by atoms with E-state index in [1.807, 2.05) is 0 Å². The third-order valence-corrected chi connectivity index (χ3v) is 2.73. The van der Waals surface area contributed by atoms with Gasteiger partial charge in [0, 0.05) is 23.5 Å². The first-order chi connectivity index (χ1) is 9.27. The molecule has 0 amide bonds. The van der Waals surface area contributed by atoms with Crippen LogP contribution in [-0.2, 0) is 12.7 Å². The number of hydrogen-bond donors (Lipinski definition) is 1. The van der Waals surface area contributed by atoms with Crippen molar-refractivity contribution in [3.8, 4) is 0 Å². The van der Waals surface area contributed by atoms with Crippen LogP contribution in [-0.4, -0.2) is 4.57 Å². The lowest BCUT2D eigenvalue weighted by Gasteiger charge is -2.11. The predicted molar refractivity (Wildman–Crippen MR) is 65.6 cm³/mol. The zero-order valence-electron chi connectivity index (χ0n) is 10.1. The Balaban J connectivity index is 2.40. The molecule has 0 bridgehead atoms. The standard InChI is InChI=1S/C13H10F4N2O/c14-11-5-10(18)3-1-8(11)6-19-7-9(13(15,16)17)2-4-12(19)20/h1-5,7H,6,18H2. The van der Waals surface area contributed by atoms with Crippen LogP contribution in [0.5, 0.6) is 0 Å². The van der Waals surface area contributed by atoms with Crippen molar-refractivity contribution in [3.05, 3.63) is 63.8 Å². The smallest absolute Gasteiger partial charge is 0.399 e. The van der Waals surface area contributed by atoms with Crippen molar-refractivity contribution >= 4 is 5.69 Å². The predicted octanol–water partition coefficient (Wildman–Crippen LogP) is 2.64. The molecule has 0 atom stereocenters. The Kier molecular flexibility index (Phi) is 3.52. The molecule has 0 aliphatic heterocycles. The molecule has 0 aliphatic carbocycles. The number of nitrogens with zero attached hydrogens (tertiary/aromatic N) is 1. The Bertz CT molecular complexity index is 692. The summed E-state index contributed by atoms with van der Waals surface area (Å²) in [7, 11) is 0. The minimum Gasteiger partial charge on any atom is -0.399 e. The van der Waals surface area contributed by atoms with Crippen molar-refractivity contribution in [2.75, 3.05) is 5.73 Å². The van der Waals surface area contributed by atoms with Crippen molar-refractivity contribution in [1.82, 2.24) is 4.57 Å². The van der Waals surface area contributed by atoms with Crippen molar-refractivity contribution in [3.63, 3.8) is 0 Å². The Morgan fingerprint density at radius 2 is 1.85 bits per heavy atom. The molecular formula is C13H10F4N2O. The van der Waals surface area contributed by atoms with Gasteiger partial charge in [0.1, 0.15) is 5.82 Å². The van der Waals surface area contributed by atoms with E-state index in [4.69, 9.17) is 5.73 Å². The van der Waals surface area contributed by atoms with Crippen LogP contribution in [0.3, 0.4) is 0 Å². The highest BCUT2D eigenvalue weighted by molar-refractivity contribution is 5.40. The summed E-state index contributed by atoms with van der Waals surface area (Å²) in [6, 6.07) is 5.29. The van der Waals surface area contributed by atoms with Crippen LogP contribution in [0.2, 0.25) is 0 Å². The Morgan fingerprint density at radius 3 is 2.45 bits per heavy atom. The summed E-state index contributed by atoms with van der Waals surface area (Å²) in [5.41, 5.74) is 4.05. The van der Waals surface area contributed by atoms with Gasteiger partial charge in [-0.15, -0.1) is 0 Å². The molecule has 0 saturated carbocycles. The zero-order valence-corrected chi connectivity index (χ0v) is 10.1. The van der Waals surface area contributed by atoms with Crippen molar-refractivity contribution in [1.29, 1.82) is 0 Å². The molecule has 0 aliphatic rings. The number of halogens is 4. The molecule has 0 saturated heterocycles. The topological polar surface area (TPSA) is 48.0 Å². The number of aromatic nitrogens is 1. The minimum absolute atomic E-state index is 0.0839. The van der Waals surface area contributed by atoms with Gasteiger partial charge in [-0.2, -0.15) is 13.2 Å². The lowest BCUT2D eigenvalue weighted by molar-refractivity contribution is -0.138. The van der Waals surface area contributed by atoms with Crippen LogP contribution in [0.25, 0.3) is 0 Å². The summed E-state index contributed by atoms with van der Waals surface area (Å²) in [6.45, 7) is -0.297. The molecule has 106 valence electrons. The molecule has 2 aromatic rings. The summed E-state index contributed by atoms with van der Waals surface area (Å²) < 4.78 is 52.1. The van der Waals surface area contributed by atoms with E-state index >= 15 is 0 Å². The van der Waals surface area contributed by atoms with Crippen LogP contribution in [0.15, 0.2) is 41.3 Å². The maximum Gasteiger partial charge on any atom is 0.417 e. The van der Waals surface area contributed by atoms with Crippen molar-refractivity contribution in [2.24, 2.45) is 0 Å². The number of nitrogen functional groups attached to an aromatic ring is 1. The van der Waals surface area contributed by atoms with Gasteiger partial charge in [-0.25, -0.2) is 4.39 Å². The summed E-state index contributed by atoms with van der Waals surface area (Å²) in [5, 5.41) is 0. The molecule has 1 aromatic heterocycles. The van der Waals surface area contributed by atoms with Gasteiger partial charge >= 0.3 is 6.18 Å². The number of pyridine rings is 1. The van der Waals surface area contributed by atoms with Gasteiger partial charge in [-0.3, -0.25) is 4.79 Å². The number of hydrogen-bond acceptors (Lipinski definition) is 2. The molecule has 1 heterocycles. The maximum atomic E-state index is 13.6. The second kappa shape index (κ2) is 4.99. The van der Waals surface area contributed by atoms with Crippen molar-refractivity contribution < 1.29 is 17.6 Å². The Labute approximate surface area is 111 Å². The molecule has 3 nitrogen and oxygen atoms in total. The van der Waals surface area contributed by atoms with Gasteiger partial charge in [0.05, 0.1) is 12.1 Å². The molecule has 7 heteroatoms. The van der Waals surface area contributed by atoms with Gasteiger partial charge < -0.3 is 10.3 Å². The average molecular weight is 286 g/mol. The number of alkyl halides is 3. The fraction of sp³-hybridized carbons (Fsp3) is 0.154. The van der Waals surface area contributed by atoms with Gasteiger partial charge in [0.25, 0.3) is 5.56 Å². The first kappa shape index (κ1) is 14.1. The third-order valence-electron chi connectivity index (χ3n) is 2.73.